The van der Waals surface area contributed by atoms with Crippen molar-refractivity contribution in [2.75, 3.05) is 0 Å². The summed E-state index contributed by atoms with van der Waals surface area (Å²) in [6, 6.07) is 57.7. The zero-order chi connectivity index (χ0) is 35.3. The van der Waals surface area contributed by atoms with Gasteiger partial charge in [-0.1, -0.05) is 147 Å². The maximum Gasteiger partial charge on any atom is 0.160 e. The SMILES string of the molecule is CC1(C)c2ccccc2-c2c1c1c3ccccc3oc1c1c2c2ccccc2n1-c1cccc(-c2cc(-c3ccccc3)nc(-c3ccccc3)n2)c1. The van der Waals surface area contributed by atoms with Crippen LogP contribution in [-0.4, -0.2) is 14.5 Å². The molecule has 53 heavy (non-hydrogen) atoms. The Morgan fingerprint density at radius 3 is 2.00 bits per heavy atom. The van der Waals surface area contributed by atoms with Gasteiger partial charge in [0.15, 0.2) is 11.4 Å². The highest BCUT2D eigenvalue weighted by Gasteiger charge is 2.41. The van der Waals surface area contributed by atoms with Gasteiger partial charge in [-0.05, 0) is 52.6 Å². The Balaban J connectivity index is 1.23. The van der Waals surface area contributed by atoms with Crippen molar-refractivity contribution in [2.45, 2.75) is 19.3 Å². The molecule has 0 fully saturated rings. The first-order chi connectivity index (χ1) is 26.1. The Bertz CT molecular complexity index is 3020. The lowest BCUT2D eigenvalue weighted by Crippen LogP contribution is -2.15. The smallest absolute Gasteiger partial charge is 0.160 e. The molecule has 0 atom stereocenters. The van der Waals surface area contributed by atoms with Crippen LogP contribution in [0.2, 0.25) is 0 Å². The second-order valence-corrected chi connectivity index (χ2v) is 14.5. The van der Waals surface area contributed by atoms with Crippen LogP contribution in [0.15, 0.2) is 168 Å². The number of aromatic nitrogens is 3. The number of hydrogen-bond donors (Lipinski definition) is 0. The fraction of sp³-hybridized carbons (Fsp3) is 0.0612. The molecule has 11 rings (SSSR count). The average Bonchev–Trinajstić information content (AvgIpc) is 3.84. The van der Waals surface area contributed by atoms with Crippen LogP contribution < -0.4 is 0 Å². The lowest BCUT2D eigenvalue weighted by atomic mass is 9.80. The molecule has 0 spiro atoms. The van der Waals surface area contributed by atoms with E-state index in [2.05, 4.69) is 158 Å². The summed E-state index contributed by atoms with van der Waals surface area (Å²) >= 11 is 0. The number of para-hydroxylation sites is 2. The summed E-state index contributed by atoms with van der Waals surface area (Å²) in [4.78, 5) is 10.2. The first-order valence-corrected chi connectivity index (χ1v) is 18.2. The van der Waals surface area contributed by atoms with Gasteiger partial charge < -0.3 is 8.98 Å². The summed E-state index contributed by atoms with van der Waals surface area (Å²) in [7, 11) is 0. The molecule has 7 aromatic carbocycles. The third-order valence-electron chi connectivity index (χ3n) is 11.2. The highest BCUT2D eigenvalue weighted by molar-refractivity contribution is 6.29. The van der Waals surface area contributed by atoms with Crippen molar-refractivity contribution in [1.29, 1.82) is 0 Å². The molecule has 4 nitrogen and oxygen atoms in total. The van der Waals surface area contributed by atoms with E-state index >= 15 is 0 Å². The highest BCUT2D eigenvalue weighted by Crippen LogP contribution is 2.58. The van der Waals surface area contributed by atoms with Crippen molar-refractivity contribution < 1.29 is 4.42 Å². The van der Waals surface area contributed by atoms with Crippen molar-refractivity contribution in [2.24, 2.45) is 0 Å². The van der Waals surface area contributed by atoms with Crippen LogP contribution in [0.25, 0.3) is 94.5 Å². The zero-order valence-corrected chi connectivity index (χ0v) is 29.3. The fourth-order valence-electron chi connectivity index (χ4n) is 8.83. The van der Waals surface area contributed by atoms with Gasteiger partial charge >= 0.3 is 0 Å². The highest BCUT2D eigenvalue weighted by atomic mass is 16.3. The second kappa shape index (κ2) is 11.1. The molecule has 10 aromatic rings. The van der Waals surface area contributed by atoms with Gasteiger partial charge in [0.25, 0.3) is 0 Å². The van der Waals surface area contributed by atoms with Crippen molar-refractivity contribution in [3.63, 3.8) is 0 Å². The number of hydrogen-bond acceptors (Lipinski definition) is 3. The topological polar surface area (TPSA) is 43.9 Å². The van der Waals surface area contributed by atoms with E-state index in [9.17, 15) is 0 Å². The molecule has 3 aromatic heterocycles. The van der Waals surface area contributed by atoms with Crippen LogP contribution >= 0.6 is 0 Å². The quantitative estimate of drug-likeness (QED) is 0.186. The molecule has 0 saturated carbocycles. The molecule has 0 saturated heterocycles. The van der Waals surface area contributed by atoms with Gasteiger partial charge in [-0.2, -0.15) is 0 Å². The molecular formula is C49H33N3O. The fourth-order valence-corrected chi connectivity index (χ4v) is 8.83. The van der Waals surface area contributed by atoms with Gasteiger partial charge in [-0.25, -0.2) is 9.97 Å². The van der Waals surface area contributed by atoms with Crippen molar-refractivity contribution in [1.82, 2.24) is 14.5 Å². The van der Waals surface area contributed by atoms with Crippen LogP contribution in [0.1, 0.15) is 25.0 Å². The number of benzene rings is 7. The molecule has 0 amide bonds. The number of nitrogens with zero attached hydrogens (tertiary/aromatic N) is 3. The third-order valence-corrected chi connectivity index (χ3v) is 11.2. The van der Waals surface area contributed by atoms with Crippen LogP contribution in [0.4, 0.5) is 0 Å². The summed E-state index contributed by atoms with van der Waals surface area (Å²) in [5, 5.41) is 4.78. The van der Waals surface area contributed by atoms with Gasteiger partial charge in [-0.3, -0.25) is 0 Å². The van der Waals surface area contributed by atoms with E-state index in [0.717, 1.165) is 61.4 Å². The summed E-state index contributed by atoms with van der Waals surface area (Å²) in [6.45, 7) is 4.73. The molecule has 0 unspecified atom stereocenters. The predicted molar refractivity (Wildman–Crippen MR) is 218 cm³/mol. The second-order valence-electron chi connectivity index (χ2n) is 14.5. The molecule has 1 aliphatic rings. The Kier molecular flexibility index (Phi) is 6.27. The maximum absolute atomic E-state index is 6.98. The van der Waals surface area contributed by atoms with E-state index in [1.54, 1.807) is 0 Å². The molecular weight excluding hydrogens is 647 g/mol. The minimum atomic E-state index is -0.214. The largest absolute Gasteiger partial charge is 0.454 e. The number of fused-ring (bicyclic) bond motifs is 12. The van der Waals surface area contributed by atoms with E-state index in [4.69, 9.17) is 14.4 Å². The molecule has 250 valence electrons. The Morgan fingerprint density at radius 2 is 1.19 bits per heavy atom. The van der Waals surface area contributed by atoms with Crippen molar-refractivity contribution in [3.05, 3.63) is 175 Å². The maximum atomic E-state index is 6.98. The zero-order valence-electron chi connectivity index (χ0n) is 29.3. The van der Waals surface area contributed by atoms with Gasteiger partial charge in [0, 0.05) is 49.3 Å². The standard InChI is InChI=1S/C49H33N3O/c1-49(2)37-25-12-9-22-34(37)42-43-35-23-10-13-26-40(35)52(46(43)47-44(45(42)49)36-24-11-14-27-41(36)53-47)33-21-15-20-32(28-33)39-29-38(30-16-5-3-6-17-30)50-48(51-39)31-18-7-4-8-19-31/h3-29H,1-2H3. The van der Waals surface area contributed by atoms with Crippen molar-refractivity contribution >= 4 is 43.7 Å². The molecule has 1 aliphatic carbocycles. The Hall–Kier alpha value is -6.78. The minimum absolute atomic E-state index is 0.214. The van der Waals surface area contributed by atoms with Gasteiger partial charge in [0.2, 0.25) is 0 Å². The van der Waals surface area contributed by atoms with Gasteiger partial charge in [0.05, 0.1) is 22.4 Å². The van der Waals surface area contributed by atoms with Crippen LogP contribution in [0.5, 0.6) is 0 Å². The summed E-state index contributed by atoms with van der Waals surface area (Å²) in [5.41, 5.74) is 15.0. The Labute approximate surface area is 306 Å². The van der Waals surface area contributed by atoms with Crippen LogP contribution in [-0.2, 0) is 5.41 Å². The third kappa shape index (κ3) is 4.30. The molecule has 0 radical (unpaired) electrons. The summed E-state index contributed by atoms with van der Waals surface area (Å²) < 4.78 is 9.38. The molecule has 4 heteroatoms. The van der Waals surface area contributed by atoms with E-state index in [1.807, 2.05) is 24.3 Å². The van der Waals surface area contributed by atoms with Crippen molar-refractivity contribution in [3.8, 4) is 50.7 Å². The van der Waals surface area contributed by atoms with Crippen LogP contribution in [0, 0.1) is 0 Å². The van der Waals surface area contributed by atoms with Crippen LogP contribution in [0.3, 0.4) is 0 Å². The van der Waals surface area contributed by atoms with E-state index in [-0.39, 0.29) is 5.41 Å². The monoisotopic (exact) mass is 679 g/mol. The molecule has 0 aliphatic heterocycles. The normalized spacial score (nSPS) is 13.2. The number of furan rings is 1. The lowest BCUT2D eigenvalue weighted by molar-refractivity contribution is 0.658. The lowest BCUT2D eigenvalue weighted by Gasteiger charge is -2.22. The first kappa shape index (κ1) is 29.9. The van der Waals surface area contributed by atoms with Gasteiger partial charge in [0.1, 0.15) is 5.58 Å². The van der Waals surface area contributed by atoms with E-state index in [0.29, 0.717) is 5.82 Å². The average molecular weight is 680 g/mol. The minimum Gasteiger partial charge on any atom is -0.454 e. The van der Waals surface area contributed by atoms with E-state index in [1.165, 1.54) is 38.4 Å². The number of rotatable bonds is 4. The summed E-state index contributed by atoms with van der Waals surface area (Å²) in [5.74, 6) is 0.699. The van der Waals surface area contributed by atoms with Gasteiger partial charge in [-0.15, -0.1) is 0 Å². The molecule has 0 bridgehead atoms. The molecule has 0 N–H and O–H groups in total. The van der Waals surface area contributed by atoms with E-state index < -0.39 is 0 Å². The predicted octanol–water partition coefficient (Wildman–Crippen LogP) is 12.8. The Morgan fingerprint density at radius 1 is 0.547 bits per heavy atom. The molecule has 3 heterocycles. The first-order valence-electron chi connectivity index (χ1n) is 18.2. The summed E-state index contributed by atoms with van der Waals surface area (Å²) in [6.07, 6.45) is 0.